The van der Waals surface area contributed by atoms with Crippen LogP contribution in [-0.4, -0.2) is 60.3 Å². The Balaban J connectivity index is 1.89. The fourth-order valence-electron chi connectivity index (χ4n) is 4.15. The molecule has 0 radical (unpaired) electrons. The molecular weight excluding hydrogens is 380 g/mol. The van der Waals surface area contributed by atoms with E-state index < -0.39 is 17.6 Å². The van der Waals surface area contributed by atoms with Crippen LogP contribution in [0.4, 0.5) is 8.78 Å². The van der Waals surface area contributed by atoms with E-state index in [1.807, 2.05) is 20.8 Å². The molecule has 3 atom stereocenters. The molecule has 1 aromatic carbocycles. The summed E-state index contributed by atoms with van der Waals surface area (Å²) in [6.45, 7) is 9.65. The highest BCUT2D eigenvalue weighted by atomic mass is 19.1. The summed E-state index contributed by atoms with van der Waals surface area (Å²) in [5.41, 5.74) is -0.579. The SMILES string of the molecule is COc1cc2c(c(F)c1OCC(C)(C)F)CCN1C[C@@H](OC(C)(C)C)[C@H](O)C[C@H]21. The van der Waals surface area contributed by atoms with Crippen LogP contribution >= 0.6 is 0 Å². The van der Waals surface area contributed by atoms with Gasteiger partial charge in [-0.1, -0.05) is 0 Å². The summed E-state index contributed by atoms with van der Waals surface area (Å²) in [6, 6.07) is 1.65. The molecule has 2 heterocycles. The number of ether oxygens (including phenoxy) is 3. The van der Waals surface area contributed by atoms with Crippen LogP contribution < -0.4 is 9.47 Å². The van der Waals surface area contributed by atoms with E-state index in [0.29, 0.717) is 31.5 Å². The van der Waals surface area contributed by atoms with Gasteiger partial charge in [0.1, 0.15) is 12.3 Å². The van der Waals surface area contributed by atoms with Gasteiger partial charge in [0.25, 0.3) is 0 Å². The van der Waals surface area contributed by atoms with Gasteiger partial charge in [-0.3, -0.25) is 4.90 Å². The molecule has 29 heavy (non-hydrogen) atoms. The summed E-state index contributed by atoms with van der Waals surface area (Å²) < 4.78 is 46.0. The molecule has 7 heteroatoms. The lowest BCUT2D eigenvalue weighted by molar-refractivity contribution is -0.149. The fourth-order valence-corrected chi connectivity index (χ4v) is 4.15. The highest BCUT2D eigenvalue weighted by Crippen LogP contribution is 2.44. The summed E-state index contributed by atoms with van der Waals surface area (Å²) in [5.74, 6) is -0.295. The second-order valence-corrected chi connectivity index (χ2v) is 9.63. The molecule has 0 saturated carbocycles. The number of rotatable bonds is 5. The number of aliphatic hydroxyl groups excluding tert-OH is 1. The number of alkyl halides is 1. The molecule has 0 amide bonds. The van der Waals surface area contributed by atoms with Crippen LogP contribution in [-0.2, 0) is 11.2 Å². The average Bonchev–Trinajstić information content (AvgIpc) is 2.59. The summed E-state index contributed by atoms with van der Waals surface area (Å²) in [6.07, 6.45) is 0.0383. The first kappa shape index (κ1) is 22.2. The normalized spacial score (nSPS) is 25.3. The van der Waals surface area contributed by atoms with Gasteiger partial charge in [-0.05, 0) is 64.7 Å². The minimum Gasteiger partial charge on any atom is -0.493 e. The van der Waals surface area contributed by atoms with E-state index in [0.717, 1.165) is 5.56 Å². The van der Waals surface area contributed by atoms with Crippen molar-refractivity contribution in [2.75, 3.05) is 26.8 Å². The molecule has 1 N–H and O–H groups in total. The van der Waals surface area contributed by atoms with Gasteiger partial charge < -0.3 is 19.3 Å². The fraction of sp³-hybridized carbons (Fsp3) is 0.727. The Bertz CT molecular complexity index is 742. The maximum Gasteiger partial charge on any atom is 0.197 e. The molecule has 1 fully saturated rings. The lowest BCUT2D eigenvalue weighted by atomic mass is 9.84. The Morgan fingerprint density at radius 2 is 1.93 bits per heavy atom. The molecule has 2 aliphatic rings. The Hall–Kier alpha value is -1.44. The van der Waals surface area contributed by atoms with Crippen molar-refractivity contribution in [1.29, 1.82) is 0 Å². The molecule has 0 spiro atoms. The van der Waals surface area contributed by atoms with Crippen LogP contribution in [0.15, 0.2) is 6.07 Å². The molecule has 164 valence electrons. The summed E-state index contributed by atoms with van der Waals surface area (Å²) in [5, 5.41) is 10.7. The van der Waals surface area contributed by atoms with Crippen molar-refractivity contribution in [3.8, 4) is 11.5 Å². The van der Waals surface area contributed by atoms with E-state index in [-0.39, 0.29) is 35.9 Å². The number of hydrogen-bond acceptors (Lipinski definition) is 5. The summed E-state index contributed by atoms with van der Waals surface area (Å²) in [7, 11) is 1.44. The first-order valence-corrected chi connectivity index (χ1v) is 10.2. The maximum atomic E-state index is 15.3. The van der Waals surface area contributed by atoms with Crippen molar-refractivity contribution >= 4 is 0 Å². The Labute approximate surface area is 171 Å². The van der Waals surface area contributed by atoms with Gasteiger partial charge in [0, 0.05) is 19.1 Å². The molecule has 2 aliphatic heterocycles. The number of hydrogen-bond donors (Lipinski definition) is 1. The zero-order valence-corrected chi connectivity index (χ0v) is 18.2. The van der Waals surface area contributed by atoms with Gasteiger partial charge in [0.15, 0.2) is 17.3 Å². The smallest absolute Gasteiger partial charge is 0.197 e. The Morgan fingerprint density at radius 3 is 2.52 bits per heavy atom. The van der Waals surface area contributed by atoms with Gasteiger partial charge in [-0.25, -0.2) is 8.78 Å². The molecule has 0 aliphatic carbocycles. The maximum absolute atomic E-state index is 15.3. The van der Waals surface area contributed by atoms with E-state index in [9.17, 15) is 9.50 Å². The zero-order chi connectivity index (χ0) is 21.6. The van der Waals surface area contributed by atoms with Crippen LogP contribution in [0.3, 0.4) is 0 Å². The number of piperidine rings is 1. The number of halogens is 2. The van der Waals surface area contributed by atoms with Crippen LogP contribution in [0.2, 0.25) is 0 Å². The van der Waals surface area contributed by atoms with E-state index in [1.54, 1.807) is 6.07 Å². The van der Waals surface area contributed by atoms with Crippen molar-refractivity contribution < 1.29 is 28.1 Å². The molecule has 0 bridgehead atoms. The Kier molecular flexibility index (Phi) is 6.14. The van der Waals surface area contributed by atoms with E-state index in [4.69, 9.17) is 14.2 Å². The van der Waals surface area contributed by atoms with Gasteiger partial charge in [0.05, 0.1) is 24.9 Å². The minimum absolute atomic E-state index is 0.0456. The second kappa shape index (κ2) is 8.00. The number of nitrogens with zero attached hydrogens (tertiary/aromatic N) is 1. The van der Waals surface area contributed by atoms with E-state index in [2.05, 4.69) is 4.90 Å². The van der Waals surface area contributed by atoms with Crippen molar-refractivity contribution in [3.05, 3.63) is 23.0 Å². The van der Waals surface area contributed by atoms with Crippen molar-refractivity contribution in [2.24, 2.45) is 0 Å². The minimum atomic E-state index is -1.58. The molecule has 0 unspecified atom stereocenters. The van der Waals surface area contributed by atoms with Gasteiger partial charge in [-0.2, -0.15) is 0 Å². The number of benzene rings is 1. The van der Waals surface area contributed by atoms with Crippen molar-refractivity contribution in [1.82, 2.24) is 4.90 Å². The Morgan fingerprint density at radius 1 is 1.24 bits per heavy atom. The molecule has 1 aromatic rings. The quantitative estimate of drug-likeness (QED) is 0.796. The van der Waals surface area contributed by atoms with E-state index in [1.165, 1.54) is 21.0 Å². The lowest BCUT2D eigenvalue weighted by Gasteiger charge is -2.47. The van der Waals surface area contributed by atoms with Crippen LogP contribution in [0, 0.1) is 5.82 Å². The average molecular weight is 414 g/mol. The molecule has 0 aromatic heterocycles. The highest BCUT2D eigenvalue weighted by molar-refractivity contribution is 5.51. The monoisotopic (exact) mass is 413 g/mol. The predicted molar refractivity (Wildman–Crippen MR) is 107 cm³/mol. The standard InChI is InChI=1S/C22H33F2NO4/c1-21(2,3)29-18-11-25-8-7-13-14(15(25)10-16(18)26)9-17(27-6)20(19(13)23)28-12-22(4,5)24/h9,15-16,18,26H,7-8,10-12H2,1-6H3/t15-,16-,18-/m1/s1. The van der Waals surface area contributed by atoms with Crippen molar-refractivity contribution in [2.45, 2.75) is 77.0 Å². The van der Waals surface area contributed by atoms with Gasteiger partial charge in [-0.15, -0.1) is 0 Å². The third-order valence-electron chi connectivity index (χ3n) is 5.36. The van der Waals surface area contributed by atoms with Gasteiger partial charge >= 0.3 is 0 Å². The van der Waals surface area contributed by atoms with Crippen LogP contribution in [0.5, 0.6) is 11.5 Å². The molecule has 1 saturated heterocycles. The number of methoxy groups -OCH3 is 1. The largest absolute Gasteiger partial charge is 0.493 e. The van der Waals surface area contributed by atoms with Crippen LogP contribution in [0.1, 0.15) is 58.2 Å². The molecular formula is C22H33F2NO4. The number of aliphatic hydroxyl groups is 1. The third-order valence-corrected chi connectivity index (χ3v) is 5.36. The summed E-state index contributed by atoms with van der Waals surface area (Å²) in [4.78, 5) is 2.23. The lowest BCUT2D eigenvalue weighted by Crippen LogP contribution is -2.53. The third kappa shape index (κ3) is 5.01. The van der Waals surface area contributed by atoms with Gasteiger partial charge in [0.2, 0.25) is 0 Å². The number of fused-ring (bicyclic) bond motifs is 3. The zero-order valence-electron chi connectivity index (χ0n) is 18.2. The summed E-state index contributed by atoms with van der Waals surface area (Å²) >= 11 is 0. The second-order valence-electron chi connectivity index (χ2n) is 9.63. The molecule has 3 rings (SSSR count). The van der Waals surface area contributed by atoms with Crippen molar-refractivity contribution in [3.63, 3.8) is 0 Å². The molecule has 5 nitrogen and oxygen atoms in total. The first-order valence-electron chi connectivity index (χ1n) is 10.2. The first-order chi connectivity index (χ1) is 13.4. The van der Waals surface area contributed by atoms with Crippen LogP contribution in [0.25, 0.3) is 0 Å². The topological polar surface area (TPSA) is 51.2 Å². The predicted octanol–water partition coefficient (Wildman–Crippen LogP) is 3.81. The highest BCUT2D eigenvalue weighted by Gasteiger charge is 2.41. The van der Waals surface area contributed by atoms with E-state index >= 15 is 4.39 Å².